The van der Waals surface area contributed by atoms with Gasteiger partial charge in [0.05, 0.1) is 22.9 Å². The molecule has 1 aromatic heterocycles. The predicted octanol–water partition coefficient (Wildman–Crippen LogP) is 4.83. The number of rotatable bonds is 6. The molecule has 9 heteroatoms. The van der Waals surface area contributed by atoms with E-state index >= 15 is 0 Å². The Balaban J connectivity index is 1.67. The number of nitrogens with one attached hydrogen (secondary N) is 1. The van der Waals surface area contributed by atoms with Crippen molar-refractivity contribution in [2.75, 3.05) is 0 Å². The summed E-state index contributed by atoms with van der Waals surface area (Å²) >= 11 is 0. The van der Waals surface area contributed by atoms with E-state index in [0.29, 0.717) is 35.2 Å². The van der Waals surface area contributed by atoms with Crippen molar-refractivity contribution in [3.05, 3.63) is 70.7 Å². The number of carbonyl (C=O) groups excluding carboxylic acids is 2. The van der Waals surface area contributed by atoms with Crippen molar-refractivity contribution >= 4 is 28.3 Å². The topological polar surface area (TPSA) is 121 Å². The van der Waals surface area contributed by atoms with Crippen LogP contribution in [0.3, 0.4) is 0 Å². The highest BCUT2D eigenvalue weighted by molar-refractivity contribution is 6.21. The van der Waals surface area contributed by atoms with Crippen LogP contribution in [0, 0.1) is 0 Å². The number of ether oxygens (including phenoxy) is 2. The van der Waals surface area contributed by atoms with E-state index in [0.717, 1.165) is 29.7 Å². The average molecular weight is 502 g/mol. The van der Waals surface area contributed by atoms with Gasteiger partial charge in [0.1, 0.15) is 22.6 Å². The summed E-state index contributed by atoms with van der Waals surface area (Å²) in [5, 5.41) is 8.51. The van der Waals surface area contributed by atoms with Gasteiger partial charge in [0.25, 0.3) is 5.91 Å². The highest BCUT2D eigenvalue weighted by atomic mass is 16.5. The molecule has 3 heterocycles. The van der Waals surface area contributed by atoms with Gasteiger partial charge >= 0.3 is 0 Å². The number of aromatic nitrogens is 3. The second-order valence-corrected chi connectivity index (χ2v) is 9.76. The van der Waals surface area contributed by atoms with Crippen LogP contribution in [0.2, 0.25) is 0 Å². The third-order valence-electron chi connectivity index (χ3n) is 7.36. The van der Waals surface area contributed by atoms with Crippen LogP contribution < -0.4 is 16.0 Å². The smallest absolute Gasteiger partial charge is 0.266 e. The van der Waals surface area contributed by atoms with Crippen LogP contribution in [0.25, 0.3) is 16.6 Å². The zero-order valence-electron chi connectivity index (χ0n) is 21.5. The molecular weight excluding hydrogens is 470 g/mol. The molecule has 0 saturated carbocycles. The first-order valence-corrected chi connectivity index (χ1v) is 12.6. The van der Waals surface area contributed by atoms with E-state index in [1.165, 1.54) is 0 Å². The number of hydrogen-bond donors (Lipinski definition) is 2. The van der Waals surface area contributed by atoms with Gasteiger partial charge in [-0.3, -0.25) is 15.0 Å². The number of benzene rings is 2. The minimum atomic E-state index is -0.574. The number of fused-ring (bicyclic) bond motifs is 2. The van der Waals surface area contributed by atoms with Gasteiger partial charge in [-0.05, 0) is 63.1 Å². The number of hydrazine groups is 1. The summed E-state index contributed by atoms with van der Waals surface area (Å²) in [4.78, 5) is 26.7. The Bertz CT molecular complexity index is 1450. The van der Waals surface area contributed by atoms with E-state index in [9.17, 15) is 9.59 Å². The first-order valence-electron chi connectivity index (χ1n) is 12.6. The van der Waals surface area contributed by atoms with Crippen molar-refractivity contribution in [2.45, 2.75) is 65.0 Å². The third kappa shape index (κ3) is 4.09. The van der Waals surface area contributed by atoms with E-state index < -0.39 is 5.91 Å². The second kappa shape index (κ2) is 9.48. The number of nitrogens with zero attached hydrogens (tertiary/aromatic N) is 3. The van der Waals surface area contributed by atoms with Gasteiger partial charge in [0, 0.05) is 35.6 Å². The summed E-state index contributed by atoms with van der Waals surface area (Å²) in [6.07, 6.45) is 6.73. The highest BCUT2D eigenvalue weighted by Crippen LogP contribution is 2.46. The molecule has 0 bridgehead atoms. The maximum atomic E-state index is 14.0. The molecule has 0 unspecified atom stereocenters. The normalized spacial score (nSPS) is 18.0. The van der Waals surface area contributed by atoms with Crippen molar-refractivity contribution in [1.82, 2.24) is 20.4 Å². The molecule has 2 aliphatic heterocycles. The van der Waals surface area contributed by atoms with E-state index in [2.05, 4.69) is 29.6 Å². The summed E-state index contributed by atoms with van der Waals surface area (Å²) in [5.41, 5.74) is 5.39. The summed E-state index contributed by atoms with van der Waals surface area (Å²) in [6, 6.07) is 8.73. The molecular formula is C28H31N5O4. The fraction of sp³-hybridized carbons (Fsp3) is 0.357. The van der Waals surface area contributed by atoms with Crippen LogP contribution >= 0.6 is 0 Å². The number of nitrogens with two attached hydrogens (primary N) is 1. The van der Waals surface area contributed by atoms with Crippen LogP contribution in [0.5, 0.6) is 5.75 Å². The van der Waals surface area contributed by atoms with Crippen LogP contribution in [0.4, 0.5) is 0 Å². The van der Waals surface area contributed by atoms with Crippen LogP contribution in [0.1, 0.15) is 91.3 Å². The quantitative estimate of drug-likeness (QED) is 0.215. The number of amides is 1. The fourth-order valence-corrected chi connectivity index (χ4v) is 5.13. The van der Waals surface area contributed by atoms with E-state index in [4.69, 9.17) is 15.3 Å². The lowest BCUT2D eigenvalue weighted by Crippen LogP contribution is -2.38. The van der Waals surface area contributed by atoms with Crippen LogP contribution in [0.15, 0.2) is 48.4 Å². The Morgan fingerprint density at radius 3 is 2.62 bits per heavy atom. The lowest BCUT2D eigenvalue weighted by molar-refractivity contribution is 0.0578. The Labute approximate surface area is 215 Å². The standard InChI is InChI=1S/C28H31N5O4/c1-5-28(6-2)15-20(22-8-7-13-36-22)19-14-17(9-12-23(19)37-28)26(34)24-18(27(35)30-29)10-11-21-25(24)31-32-33(21)16(3)4/h7,9-14,16H,5-6,8,15,29H2,1-4H3,(H,30,35). The molecule has 2 aliphatic rings. The first kappa shape index (κ1) is 24.7. The Morgan fingerprint density at radius 1 is 1.19 bits per heavy atom. The monoisotopic (exact) mass is 501 g/mol. The van der Waals surface area contributed by atoms with Gasteiger partial charge < -0.3 is 9.47 Å². The predicted molar refractivity (Wildman–Crippen MR) is 140 cm³/mol. The van der Waals surface area contributed by atoms with Crippen molar-refractivity contribution in [1.29, 1.82) is 0 Å². The largest absolute Gasteiger partial charge is 0.486 e. The van der Waals surface area contributed by atoms with Gasteiger partial charge in [0.2, 0.25) is 0 Å². The molecule has 0 spiro atoms. The van der Waals surface area contributed by atoms with Crippen molar-refractivity contribution in [3.8, 4) is 5.75 Å². The molecule has 0 fully saturated rings. The first-order chi connectivity index (χ1) is 17.8. The molecule has 37 heavy (non-hydrogen) atoms. The number of carbonyl (C=O) groups is 2. The van der Waals surface area contributed by atoms with E-state index in [-0.39, 0.29) is 28.6 Å². The molecule has 5 rings (SSSR count). The number of hydrogen-bond acceptors (Lipinski definition) is 7. The SMILES string of the molecule is CCC1(CC)CC(=C2CC=CO2)c2cc(C(=O)c3c(C(=O)NN)ccc4c3nnn4C(C)C)ccc2O1. The Morgan fingerprint density at radius 2 is 1.97 bits per heavy atom. The molecule has 0 radical (unpaired) electrons. The zero-order valence-corrected chi connectivity index (χ0v) is 21.5. The van der Waals surface area contributed by atoms with Gasteiger partial charge in [-0.25, -0.2) is 10.5 Å². The van der Waals surface area contributed by atoms with Crippen LogP contribution in [-0.4, -0.2) is 32.3 Å². The summed E-state index contributed by atoms with van der Waals surface area (Å²) in [5.74, 6) is 6.11. The molecule has 9 nitrogen and oxygen atoms in total. The van der Waals surface area contributed by atoms with Gasteiger partial charge in [-0.15, -0.1) is 5.10 Å². The Hall–Kier alpha value is -3.98. The number of allylic oxidation sites excluding steroid dienone is 1. The molecule has 0 saturated heterocycles. The number of nitrogen functional groups attached to an aromatic ring is 1. The molecule has 192 valence electrons. The zero-order chi connectivity index (χ0) is 26.3. The van der Waals surface area contributed by atoms with E-state index in [1.807, 2.05) is 32.1 Å². The third-order valence-corrected chi connectivity index (χ3v) is 7.36. The van der Waals surface area contributed by atoms with Crippen molar-refractivity contribution < 1.29 is 19.1 Å². The average Bonchev–Trinajstić information content (AvgIpc) is 3.61. The molecule has 0 atom stereocenters. The van der Waals surface area contributed by atoms with Crippen molar-refractivity contribution in [2.24, 2.45) is 5.84 Å². The molecule has 1 amide bonds. The fourth-order valence-electron chi connectivity index (χ4n) is 5.13. The maximum absolute atomic E-state index is 14.0. The minimum Gasteiger partial charge on any atom is -0.486 e. The lowest BCUT2D eigenvalue weighted by atomic mass is 9.81. The van der Waals surface area contributed by atoms with Gasteiger partial charge in [-0.1, -0.05) is 19.1 Å². The van der Waals surface area contributed by atoms with E-state index in [1.54, 1.807) is 29.1 Å². The minimum absolute atomic E-state index is 0.0228. The Kier molecular flexibility index (Phi) is 6.33. The highest BCUT2D eigenvalue weighted by Gasteiger charge is 2.38. The summed E-state index contributed by atoms with van der Waals surface area (Å²) in [6.45, 7) is 8.19. The molecule has 2 aromatic carbocycles. The summed E-state index contributed by atoms with van der Waals surface area (Å²) < 4.78 is 14.1. The lowest BCUT2D eigenvalue weighted by Gasteiger charge is -2.39. The van der Waals surface area contributed by atoms with Crippen molar-refractivity contribution in [3.63, 3.8) is 0 Å². The number of ketones is 1. The maximum Gasteiger partial charge on any atom is 0.266 e. The van der Waals surface area contributed by atoms with Gasteiger partial charge in [0.15, 0.2) is 5.78 Å². The van der Waals surface area contributed by atoms with Gasteiger partial charge in [-0.2, -0.15) is 0 Å². The summed E-state index contributed by atoms with van der Waals surface area (Å²) in [7, 11) is 0. The molecule has 3 N–H and O–H groups in total. The second-order valence-electron chi connectivity index (χ2n) is 9.76. The molecule has 3 aromatic rings. The van der Waals surface area contributed by atoms with Crippen LogP contribution in [-0.2, 0) is 4.74 Å². The molecule has 0 aliphatic carbocycles.